The zero-order chi connectivity index (χ0) is 13.3. The highest BCUT2D eigenvalue weighted by Crippen LogP contribution is 2.32. The highest BCUT2D eigenvalue weighted by atomic mass is 16.6. The molecule has 1 heterocycles. The molecule has 1 aromatic carbocycles. The van der Waals surface area contributed by atoms with Crippen LogP contribution in [-0.4, -0.2) is 18.2 Å². The number of fused-ring (bicyclic) bond motifs is 1. The third-order valence-electron chi connectivity index (χ3n) is 2.70. The van der Waals surface area contributed by atoms with Gasteiger partial charge < -0.3 is 10.1 Å². The van der Waals surface area contributed by atoms with E-state index in [1.807, 2.05) is 33.8 Å². The maximum atomic E-state index is 11.8. The van der Waals surface area contributed by atoms with E-state index >= 15 is 0 Å². The largest absolute Gasteiger partial charge is 0.444 e. The van der Waals surface area contributed by atoms with Gasteiger partial charge in [0.05, 0.1) is 11.4 Å². The van der Waals surface area contributed by atoms with Crippen LogP contribution in [0.25, 0.3) is 0 Å². The Morgan fingerprint density at radius 2 is 2.11 bits per heavy atom. The van der Waals surface area contributed by atoms with Crippen molar-refractivity contribution in [3.8, 4) is 0 Å². The van der Waals surface area contributed by atoms with Gasteiger partial charge in [-0.2, -0.15) is 0 Å². The van der Waals surface area contributed by atoms with E-state index < -0.39 is 11.7 Å². The zero-order valence-corrected chi connectivity index (χ0v) is 11.4. The number of ether oxygens (including phenoxy) is 1. The molecule has 0 bridgehead atoms. The topological polar surface area (TPSA) is 50.4 Å². The molecule has 4 heteroatoms. The fourth-order valence-electron chi connectivity index (χ4n) is 2.10. The van der Waals surface area contributed by atoms with Gasteiger partial charge in [0.2, 0.25) is 0 Å². The van der Waals surface area contributed by atoms with Crippen LogP contribution in [0, 0.1) is 6.92 Å². The summed E-state index contributed by atoms with van der Waals surface area (Å²) < 4.78 is 5.26. The number of carbonyl (C=O) groups is 1. The van der Waals surface area contributed by atoms with Gasteiger partial charge in [-0.3, -0.25) is 5.32 Å². The van der Waals surface area contributed by atoms with Crippen molar-refractivity contribution in [1.82, 2.24) is 0 Å². The van der Waals surface area contributed by atoms with E-state index in [1.54, 1.807) is 0 Å². The molecule has 0 aromatic heterocycles. The lowest BCUT2D eigenvalue weighted by Gasteiger charge is -2.20. The second-order valence-electron chi connectivity index (χ2n) is 5.65. The lowest BCUT2D eigenvalue weighted by atomic mass is 10.1. The monoisotopic (exact) mass is 248 g/mol. The first-order valence-corrected chi connectivity index (χ1v) is 6.22. The van der Waals surface area contributed by atoms with E-state index in [1.165, 1.54) is 5.56 Å². The van der Waals surface area contributed by atoms with E-state index in [9.17, 15) is 4.79 Å². The van der Waals surface area contributed by atoms with Crippen LogP contribution >= 0.6 is 0 Å². The molecule has 1 aliphatic heterocycles. The van der Waals surface area contributed by atoms with Crippen LogP contribution in [0.3, 0.4) is 0 Å². The maximum Gasteiger partial charge on any atom is 0.412 e. The molecule has 18 heavy (non-hydrogen) atoms. The first-order valence-electron chi connectivity index (χ1n) is 6.22. The third kappa shape index (κ3) is 2.94. The molecule has 0 atom stereocenters. The summed E-state index contributed by atoms with van der Waals surface area (Å²) in [5.74, 6) is 0. The van der Waals surface area contributed by atoms with Crippen molar-refractivity contribution in [2.45, 2.75) is 39.7 Å². The molecule has 0 unspecified atom stereocenters. The van der Waals surface area contributed by atoms with Gasteiger partial charge in [0.15, 0.2) is 0 Å². The number of amides is 1. The van der Waals surface area contributed by atoms with Crippen molar-refractivity contribution in [1.29, 1.82) is 0 Å². The smallest absolute Gasteiger partial charge is 0.412 e. The molecule has 0 aliphatic carbocycles. The van der Waals surface area contributed by atoms with Crippen LogP contribution in [0.1, 0.15) is 31.9 Å². The molecule has 1 amide bonds. The molecule has 0 fully saturated rings. The highest BCUT2D eigenvalue weighted by molar-refractivity contribution is 5.91. The number of nitrogens with one attached hydrogen (secondary N) is 2. The molecule has 1 aromatic rings. The molecule has 4 nitrogen and oxygen atoms in total. The number of benzene rings is 1. The summed E-state index contributed by atoms with van der Waals surface area (Å²) >= 11 is 0. The van der Waals surface area contributed by atoms with Crippen molar-refractivity contribution in [3.63, 3.8) is 0 Å². The summed E-state index contributed by atoms with van der Waals surface area (Å²) in [5.41, 5.74) is 3.73. The molecule has 0 radical (unpaired) electrons. The predicted molar refractivity (Wildman–Crippen MR) is 73.2 cm³/mol. The van der Waals surface area contributed by atoms with E-state index in [-0.39, 0.29) is 0 Å². The Morgan fingerprint density at radius 3 is 2.78 bits per heavy atom. The van der Waals surface area contributed by atoms with Crippen molar-refractivity contribution in [2.75, 3.05) is 17.2 Å². The normalized spacial score (nSPS) is 13.8. The minimum atomic E-state index is -0.482. The van der Waals surface area contributed by atoms with E-state index in [2.05, 4.69) is 16.7 Å². The lowest BCUT2D eigenvalue weighted by Crippen LogP contribution is -2.27. The fourth-order valence-corrected chi connectivity index (χ4v) is 2.10. The van der Waals surface area contributed by atoms with Gasteiger partial charge in [-0.25, -0.2) is 4.79 Å². The van der Waals surface area contributed by atoms with Gasteiger partial charge >= 0.3 is 6.09 Å². The molecule has 1 aliphatic rings. The van der Waals surface area contributed by atoms with Gasteiger partial charge in [-0.15, -0.1) is 0 Å². The van der Waals surface area contributed by atoms with Crippen molar-refractivity contribution < 1.29 is 9.53 Å². The molecule has 0 saturated carbocycles. The van der Waals surface area contributed by atoms with E-state index in [0.717, 1.165) is 29.9 Å². The zero-order valence-electron chi connectivity index (χ0n) is 11.4. The highest BCUT2D eigenvalue weighted by Gasteiger charge is 2.20. The fraction of sp³-hybridized carbons (Fsp3) is 0.500. The summed E-state index contributed by atoms with van der Waals surface area (Å²) in [6, 6.07) is 4.11. The van der Waals surface area contributed by atoms with Crippen LogP contribution in [0.4, 0.5) is 16.2 Å². The van der Waals surface area contributed by atoms with Crippen LogP contribution in [0.2, 0.25) is 0 Å². The Hall–Kier alpha value is -1.71. The number of hydrogen-bond acceptors (Lipinski definition) is 3. The van der Waals surface area contributed by atoms with Gasteiger partial charge in [-0.05, 0) is 51.3 Å². The molecule has 2 rings (SSSR count). The number of aryl methyl sites for hydroxylation is 1. The first-order chi connectivity index (χ1) is 8.35. The standard InChI is InChI=1S/C14H20N2O2/c1-9-7-10-5-6-15-12(10)11(8-9)16-13(17)18-14(2,3)4/h7-8,15H,5-6H2,1-4H3,(H,16,17). The summed E-state index contributed by atoms with van der Waals surface area (Å²) in [6.07, 6.45) is 0.587. The summed E-state index contributed by atoms with van der Waals surface area (Å²) in [4.78, 5) is 11.8. The molecule has 2 N–H and O–H groups in total. The number of anilines is 2. The van der Waals surface area contributed by atoms with E-state index in [0.29, 0.717) is 0 Å². The Bertz CT molecular complexity index is 475. The molecule has 0 spiro atoms. The van der Waals surface area contributed by atoms with Crippen molar-refractivity contribution in [2.24, 2.45) is 0 Å². The summed E-state index contributed by atoms with van der Waals surface area (Å²) in [7, 11) is 0. The van der Waals surface area contributed by atoms with Crippen LogP contribution in [-0.2, 0) is 11.2 Å². The molecular weight excluding hydrogens is 228 g/mol. The third-order valence-corrected chi connectivity index (χ3v) is 2.70. The second-order valence-corrected chi connectivity index (χ2v) is 5.65. The molecular formula is C14H20N2O2. The summed E-state index contributed by atoms with van der Waals surface area (Å²) in [6.45, 7) is 8.50. The second kappa shape index (κ2) is 4.52. The number of rotatable bonds is 1. The van der Waals surface area contributed by atoms with Crippen LogP contribution in [0.5, 0.6) is 0 Å². The molecule has 0 saturated heterocycles. The Kier molecular flexibility index (Phi) is 3.20. The Balaban J connectivity index is 2.17. The van der Waals surface area contributed by atoms with Crippen LogP contribution in [0.15, 0.2) is 12.1 Å². The van der Waals surface area contributed by atoms with Crippen molar-refractivity contribution in [3.05, 3.63) is 23.3 Å². The quantitative estimate of drug-likeness (QED) is 0.801. The number of hydrogen-bond donors (Lipinski definition) is 2. The van der Waals surface area contributed by atoms with Gasteiger partial charge in [-0.1, -0.05) is 6.07 Å². The summed E-state index contributed by atoms with van der Waals surface area (Å²) in [5, 5.41) is 6.11. The maximum absolute atomic E-state index is 11.8. The van der Waals surface area contributed by atoms with Crippen LogP contribution < -0.4 is 10.6 Å². The Morgan fingerprint density at radius 1 is 1.39 bits per heavy atom. The average Bonchev–Trinajstić information content (AvgIpc) is 2.61. The lowest BCUT2D eigenvalue weighted by molar-refractivity contribution is 0.0636. The minimum Gasteiger partial charge on any atom is -0.444 e. The number of carbonyl (C=O) groups excluding carboxylic acids is 1. The Labute approximate surface area is 108 Å². The molecule has 98 valence electrons. The van der Waals surface area contributed by atoms with Crippen molar-refractivity contribution >= 4 is 17.5 Å². The first kappa shape index (κ1) is 12.7. The SMILES string of the molecule is Cc1cc2c(c(NC(=O)OC(C)(C)C)c1)NCC2. The average molecular weight is 248 g/mol. The van der Waals surface area contributed by atoms with Gasteiger partial charge in [0.25, 0.3) is 0 Å². The predicted octanol–water partition coefficient (Wildman–Crippen LogP) is 3.31. The van der Waals surface area contributed by atoms with Gasteiger partial charge in [0.1, 0.15) is 5.60 Å². The van der Waals surface area contributed by atoms with Gasteiger partial charge in [0, 0.05) is 6.54 Å². The van der Waals surface area contributed by atoms with E-state index in [4.69, 9.17) is 4.74 Å². The minimum absolute atomic E-state index is 0.413.